The SMILES string of the molecule is Cc1cc(C)cc(CC(CC(=O)O)C(=O)Nc2cccc(C(F)(F)F)c2)c1. The number of hydrogen-bond acceptors (Lipinski definition) is 2. The molecule has 2 aromatic carbocycles. The number of amides is 1. The van der Waals surface area contributed by atoms with Crippen LogP contribution in [0.3, 0.4) is 0 Å². The lowest BCUT2D eigenvalue weighted by atomic mass is 9.93. The number of halogens is 3. The molecule has 7 heteroatoms. The fraction of sp³-hybridized carbons (Fsp3) is 0.300. The van der Waals surface area contributed by atoms with E-state index in [1.807, 2.05) is 32.0 Å². The highest BCUT2D eigenvalue weighted by atomic mass is 19.4. The number of alkyl halides is 3. The van der Waals surface area contributed by atoms with E-state index < -0.39 is 36.0 Å². The molecule has 27 heavy (non-hydrogen) atoms. The molecule has 2 N–H and O–H groups in total. The van der Waals surface area contributed by atoms with Crippen molar-refractivity contribution in [1.82, 2.24) is 0 Å². The number of carbonyl (C=O) groups is 2. The van der Waals surface area contributed by atoms with E-state index in [-0.39, 0.29) is 12.1 Å². The normalized spacial score (nSPS) is 12.5. The van der Waals surface area contributed by atoms with Crippen LogP contribution in [0, 0.1) is 19.8 Å². The van der Waals surface area contributed by atoms with Crippen LogP contribution >= 0.6 is 0 Å². The van der Waals surface area contributed by atoms with Crippen molar-refractivity contribution in [2.24, 2.45) is 5.92 Å². The number of aliphatic carboxylic acids is 1. The van der Waals surface area contributed by atoms with Crippen LogP contribution in [0.2, 0.25) is 0 Å². The number of rotatable bonds is 6. The highest BCUT2D eigenvalue weighted by Crippen LogP contribution is 2.31. The van der Waals surface area contributed by atoms with Gasteiger partial charge in [0.05, 0.1) is 17.9 Å². The summed E-state index contributed by atoms with van der Waals surface area (Å²) in [6.07, 6.45) is -4.77. The number of carbonyl (C=O) groups excluding carboxylic acids is 1. The zero-order chi connectivity index (χ0) is 20.2. The van der Waals surface area contributed by atoms with E-state index in [2.05, 4.69) is 5.32 Å². The molecule has 4 nitrogen and oxygen atoms in total. The fourth-order valence-corrected chi connectivity index (χ4v) is 2.96. The molecule has 0 spiro atoms. The van der Waals surface area contributed by atoms with Gasteiger partial charge in [-0.2, -0.15) is 13.2 Å². The second-order valence-corrected chi connectivity index (χ2v) is 6.56. The molecule has 0 saturated heterocycles. The van der Waals surface area contributed by atoms with Gasteiger partial charge in [0.25, 0.3) is 0 Å². The number of benzene rings is 2. The number of carboxylic acid groups (broad SMARTS) is 1. The lowest BCUT2D eigenvalue weighted by Gasteiger charge is -2.17. The zero-order valence-electron chi connectivity index (χ0n) is 14.9. The molecule has 1 unspecified atom stereocenters. The van der Waals surface area contributed by atoms with Crippen LogP contribution < -0.4 is 5.32 Å². The Morgan fingerprint density at radius 2 is 1.70 bits per heavy atom. The number of aryl methyl sites for hydroxylation is 2. The first kappa shape index (κ1) is 20.5. The minimum atomic E-state index is -4.53. The maximum absolute atomic E-state index is 12.8. The Balaban J connectivity index is 2.21. The fourth-order valence-electron chi connectivity index (χ4n) is 2.96. The lowest BCUT2D eigenvalue weighted by molar-refractivity contribution is -0.140. The molecule has 2 rings (SSSR count). The Kier molecular flexibility index (Phi) is 6.25. The quantitative estimate of drug-likeness (QED) is 0.771. The van der Waals surface area contributed by atoms with Crippen LogP contribution in [0.25, 0.3) is 0 Å². The smallest absolute Gasteiger partial charge is 0.416 e. The lowest BCUT2D eigenvalue weighted by Crippen LogP contribution is -2.27. The molecule has 0 heterocycles. The molecular weight excluding hydrogens is 359 g/mol. The summed E-state index contributed by atoms with van der Waals surface area (Å²) < 4.78 is 38.4. The highest BCUT2D eigenvalue weighted by Gasteiger charge is 2.31. The van der Waals surface area contributed by atoms with Gasteiger partial charge in [-0.25, -0.2) is 0 Å². The third kappa shape index (κ3) is 6.13. The van der Waals surface area contributed by atoms with E-state index in [1.54, 1.807) is 0 Å². The third-order valence-corrected chi connectivity index (χ3v) is 4.01. The number of anilines is 1. The summed E-state index contributed by atoms with van der Waals surface area (Å²) in [5.41, 5.74) is 1.86. The molecule has 0 aromatic heterocycles. The van der Waals surface area contributed by atoms with E-state index in [0.29, 0.717) is 0 Å². The first-order chi connectivity index (χ1) is 12.5. The molecule has 144 valence electrons. The predicted molar refractivity (Wildman–Crippen MR) is 95.4 cm³/mol. The molecule has 0 fully saturated rings. The number of carboxylic acids is 1. The molecular formula is C20H20F3NO3. The zero-order valence-corrected chi connectivity index (χ0v) is 14.9. The second-order valence-electron chi connectivity index (χ2n) is 6.56. The van der Waals surface area contributed by atoms with E-state index in [1.165, 1.54) is 12.1 Å². The van der Waals surface area contributed by atoms with Crippen LogP contribution in [0.1, 0.15) is 28.7 Å². The molecule has 1 atom stereocenters. The van der Waals surface area contributed by atoms with Gasteiger partial charge in [-0.05, 0) is 44.0 Å². The van der Waals surface area contributed by atoms with Gasteiger partial charge in [0, 0.05) is 5.69 Å². The monoisotopic (exact) mass is 379 g/mol. The number of nitrogens with one attached hydrogen (secondary N) is 1. The molecule has 0 aliphatic rings. The largest absolute Gasteiger partial charge is 0.481 e. The van der Waals surface area contributed by atoms with Gasteiger partial charge in [-0.3, -0.25) is 9.59 Å². The van der Waals surface area contributed by atoms with Crippen LogP contribution in [0.15, 0.2) is 42.5 Å². The Morgan fingerprint density at radius 1 is 1.07 bits per heavy atom. The van der Waals surface area contributed by atoms with Crippen molar-refractivity contribution >= 4 is 17.6 Å². The number of hydrogen-bond donors (Lipinski definition) is 2. The van der Waals surface area contributed by atoms with Gasteiger partial charge in [0.15, 0.2) is 0 Å². The van der Waals surface area contributed by atoms with Gasteiger partial charge in [-0.1, -0.05) is 35.4 Å². The molecule has 0 bridgehead atoms. The molecule has 0 radical (unpaired) electrons. The van der Waals surface area contributed by atoms with Gasteiger partial charge in [0.1, 0.15) is 0 Å². The summed E-state index contributed by atoms with van der Waals surface area (Å²) in [5.74, 6) is -2.68. The molecule has 0 aliphatic heterocycles. The summed E-state index contributed by atoms with van der Waals surface area (Å²) in [6, 6.07) is 9.93. The average molecular weight is 379 g/mol. The summed E-state index contributed by atoms with van der Waals surface area (Å²) in [4.78, 5) is 23.7. The standard InChI is InChI=1S/C20H20F3NO3/c1-12-6-13(2)8-14(7-12)9-15(10-18(25)26)19(27)24-17-5-3-4-16(11-17)20(21,22)23/h3-8,11,15H,9-10H2,1-2H3,(H,24,27)(H,25,26). The van der Waals surface area contributed by atoms with Crippen LogP contribution in [0.5, 0.6) is 0 Å². The summed E-state index contributed by atoms with van der Waals surface area (Å²) >= 11 is 0. The van der Waals surface area contributed by atoms with Crippen LogP contribution in [-0.4, -0.2) is 17.0 Å². The Hall–Kier alpha value is -2.83. The average Bonchev–Trinajstić information content (AvgIpc) is 2.52. The Bertz CT molecular complexity index is 826. The Labute approximate surface area is 155 Å². The van der Waals surface area contributed by atoms with Crippen molar-refractivity contribution in [3.63, 3.8) is 0 Å². The van der Waals surface area contributed by atoms with Crippen LogP contribution in [0.4, 0.5) is 18.9 Å². The van der Waals surface area contributed by atoms with E-state index in [0.717, 1.165) is 28.8 Å². The summed E-state index contributed by atoms with van der Waals surface area (Å²) in [5, 5.41) is 11.5. The Morgan fingerprint density at radius 3 is 2.26 bits per heavy atom. The minimum Gasteiger partial charge on any atom is -0.481 e. The van der Waals surface area contributed by atoms with Crippen molar-refractivity contribution in [2.75, 3.05) is 5.32 Å². The molecule has 0 saturated carbocycles. The van der Waals surface area contributed by atoms with Gasteiger partial charge < -0.3 is 10.4 Å². The third-order valence-electron chi connectivity index (χ3n) is 4.01. The molecule has 2 aromatic rings. The summed E-state index contributed by atoms with van der Waals surface area (Å²) in [7, 11) is 0. The van der Waals surface area contributed by atoms with Gasteiger partial charge >= 0.3 is 12.1 Å². The minimum absolute atomic E-state index is 0.0226. The van der Waals surface area contributed by atoms with Crippen molar-refractivity contribution in [2.45, 2.75) is 32.9 Å². The maximum atomic E-state index is 12.8. The summed E-state index contributed by atoms with van der Waals surface area (Å²) in [6.45, 7) is 3.79. The molecule has 0 aliphatic carbocycles. The van der Waals surface area contributed by atoms with E-state index in [9.17, 15) is 22.8 Å². The first-order valence-electron chi connectivity index (χ1n) is 8.31. The topological polar surface area (TPSA) is 66.4 Å². The van der Waals surface area contributed by atoms with E-state index >= 15 is 0 Å². The van der Waals surface area contributed by atoms with Crippen molar-refractivity contribution in [3.05, 3.63) is 64.7 Å². The van der Waals surface area contributed by atoms with Crippen LogP contribution in [-0.2, 0) is 22.2 Å². The highest BCUT2D eigenvalue weighted by molar-refractivity contribution is 5.94. The predicted octanol–water partition coefficient (Wildman–Crippen LogP) is 4.59. The van der Waals surface area contributed by atoms with Crippen molar-refractivity contribution in [1.29, 1.82) is 0 Å². The van der Waals surface area contributed by atoms with Gasteiger partial charge in [-0.15, -0.1) is 0 Å². The first-order valence-corrected chi connectivity index (χ1v) is 8.31. The van der Waals surface area contributed by atoms with Crippen molar-refractivity contribution in [3.8, 4) is 0 Å². The molecule has 1 amide bonds. The van der Waals surface area contributed by atoms with Gasteiger partial charge in [0.2, 0.25) is 5.91 Å². The van der Waals surface area contributed by atoms with Crippen molar-refractivity contribution < 1.29 is 27.9 Å². The van der Waals surface area contributed by atoms with E-state index in [4.69, 9.17) is 5.11 Å². The maximum Gasteiger partial charge on any atom is 0.416 e. The second kappa shape index (κ2) is 8.24.